The van der Waals surface area contributed by atoms with Crippen LogP contribution in [0.2, 0.25) is 0 Å². The lowest BCUT2D eigenvalue weighted by atomic mass is 9.85. The number of para-hydroxylation sites is 1. The third-order valence-corrected chi connectivity index (χ3v) is 5.97. The van der Waals surface area contributed by atoms with E-state index in [1.807, 2.05) is 42.5 Å². The van der Waals surface area contributed by atoms with Gasteiger partial charge < -0.3 is 16.4 Å². The minimum Gasteiger partial charge on any atom is -0.338 e. The van der Waals surface area contributed by atoms with E-state index in [1.165, 1.54) is 6.42 Å². The summed E-state index contributed by atoms with van der Waals surface area (Å²) in [5.74, 6) is 2.32. The van der Waals surface area contributed by atoms with E-state index < -0.39 is 0 Å². The van der Waals surface area contributed by atoms with Gasteiger partial charge in [0.2, 0.25) is 0 Å². The smallest absolute Gasteiger partial charge is 0.319 e. The number of carbonyl (C=O) groups excluding carboxylic acids is 1. The molecule has 0 unspecified atom stereocenters. The molecule has 0 spiro atoms. The van der Waals surface area contributed by atoms with Crippen molar-refractivity contribution >= 4 is 11.7 Å². The van der Waals surface area contributed by atoms with Crippen molar-refractivity contribution in [3.05, 3.63) is 54.6 Å². The van der Waals surface area contributed by atoms with E-state index in [1.54, 1.807) is 0 Å². The highest BCUT2D eigenvalue weighted by Gasteiger charge is 2.29. The number of benzene rings is 2. The highest BCUT2D eigenvalue weighted by atomic mass is 16.2. The van der Waals surface area contributed by atoms with Gasteiger partial charge >= 0.3 is 6.03 Å². The Kier molecular flexibility index (Phi) is 7.10. The quantitative estimate of drug-likeness (QED) is 0.631. The Labute approximate surface area is 168 Å². The van der Waals surface area contributed by atoms with Gasteiger partial charge in [0.25, 0.3) is 0 Å². The Balaban J connectivity index is 1.63. The Morgan fingerprint density at radius 3 is 2.29 bits per heavy atom. The zero-order valence-corrected chi connectivity index (χ0v) is 17.0. The number of nitrogens with one attached hydrogen (secondary N) is 2. The van der Waals surface area contributed by atoms with Crippen molar-refractivity contribution in [2.45, 2.75) is 33.1 Å². The molecular weight excluding hydrogens is 346 g/mol. The third kappa shape index (κ3) is 5.35. The summed E-state index contributed by atoms with van der Waals surface area (Å²) in [7, 11) is 0. The van der Waals surface area contributed by atoms with Crippen molar-refractivity contribution in [1.82, 2.24) is 5.32 Å². The lowest BCUT2D eigenvalue weighted by Crippen LogP contribution is -2.37. The van der Waals surface area contributed by atoms with Crippen LogP contribution in [0.1, 0.15) is 33.1 Å². The molecule has 0 heterocycles. The van der Waals surface area contributed by atoms with Gasteiger partial charge in [-0.3, -0.25) is 0 Å². The molecule has 4 heteroatoms. The maximum absolute atomic E-state index is 12.6. The molecule has 1 saturated carbocycles. The Bertz CT molecular complexity index is 761. The molecule has 3 rings (SSSR count). The minimum atomic E-state index is -0.149. The zero-order chi connectivity index (χ0) is 19.9. The molecule has 4 atom stereocenters. The van der Waals surface area contributed by atoms with E-state index >= 15 is 0 Å². The van der Waals surface area contributed by atoms with Gasteiger partial charge in [0.1, 0.15) is 0 Å². The predicted octanol–water partition coefficient (Wildman–Crippen LogP) is 5.12. The number of carbonyl (C=O) groups is 1. The molecule has 2 aromatic rings. The van der Waals surface area contributed by atoms with Crippen molar-refractivity contribution in [2.24, 2.45) is 29.4 Å². The minimum absolute atomic E-state index is 0.149. The molecule has 0 aliphatic heterocycles. The summed E-state index contributed by atoms with van der Waals surface area (Å²) in [5, 5.41) is 6.14. The standard InChI is InChI=1S/C24H33N3O/c1-17-12-18(2)14-21(20(13-17)15-25)16-26-24(28)27-23-11-7-6-10-22(23)19-8-4-3-5-9-19/h3-11,17-18,20-21H,12-16,25H2,1-2H3,(H2,26,27,28)/t17-,18+,20+,21+/m1/s1. The summed E-state index contributed by atoms with van der Waals surface area (Å²) in [4.78, 5) is 12.6. The molecule has 0 bridgehead atoms. The fraction of sp³-hybridized carbons (Fsp3) is 0.458. The fourth-order valence-electron chi connectivity index (χ4n) is 4.69. The van der Waals surface area contributed by atoms with Crippen LogP contribution < -0.4 is 16.4 Å². The normalized spacial score (nSPS) is 25.0. The molecule has 1 aliphatic carbocycles. The van der Waals surface area contributed by atoms with E-state index in [-0.39, 0.29) is 6.03 Å². The number of hydrogen-bond donors (Lipinski definition) is 3. The molecule has 1 aliphatic rings. The second-order valence-corrected chi connectivity index (χ2v) is 8.42. The first-order chi connectivity index (χ1) is 13.6. The van der Waals surface area contributed by atoms with E-state index in [4.69, 9.17) is 5.73 Å². The van der Waals surface area contributed by atoms with Crippen LogP contribution in [-0.2, 0) is 0 Å². The van der Waals surface area contributed by atoms with Crippen LogP contribution in [-0.4, -0.2) is 19.1 Å². The van der Waals surface area contributed by atoms with E-state index in [0.717, 1.165) is 29.7 Å². The topological polar surface area (TPSA) is 67.2 Å². The maximum atomic E-state index is 12.6. The highest BCUT2D eigenvalue weighted by molar-refractivity contribution is 5.94. The molecule has 0 aromatic heterocycles. The lowest BCUT2D eigenvalue weighted by molar-refractivity contribution is 0.241. The fourth-order valence-corrected chi connectivity index (χ4v) is 4.69. The van der Waals surface area contributed by atoms with Gasteiger partial charge in [0.15, 0.2) is 0 Å². The van der Waals surface area contributed by atoms with Gasteiger partial charge in [-0.05, 0) is 61.1 Å². The second-order valence-electron chi connectivity index (χ2n) is 8.42. The first-order valence-electron chi connectivity index (χ1n) is 10.5. The Morgan fingerprint density at radius 1 is 0.929 bits per heavy atom. The molecule has 2 aromatic carbocycles. The molecule has 1 fully saturated rings. The van der Waals surface area contributed by atoms with Crippen LogP contribution in [0.5, 0.6) is 0 Å². The van der Waals surface area contributed by atoms with Gasteiger partial charge in [-0.2, -0.15) is 0 Å². The molecule has 0 radical (unpaired) electrons. The molecule has 28 heavy (non-hydrogen) atoms. The monoisotopic (exact) mass is 379 g/mol. The number of urea groups is 1. The van der Waals surface area contributed by atoms with Gasteiger partial charge in [-0.1, -0.05) is 62.4 Å². The average molecular weight is 380 g/mol. The van der Waals surface area contributed by atoms with Crippen molar-refractivity contribution in [1.29, 1.82) is 0 Å². The SMILES string of the molecule is C[C@@H]1C[C@H](C)C[C@@H](CNC(=O)Nc2ccccc2-c2ccccc2)[C@H](CN)C1. The summed E-state index contributed by atoms with van der Waals surface area (Å²) in [5.41, 5.74) is 8.99. The summed E-state index contributed by atoms with van der Waals surface area (Å²) in [6, 6.07) is 17.9. The highest BCUT2D eigenvalue weighted by Crippen LogP contribution is 2.34. The average Bonchev–Trinajstić information content (AvgIpc) is 2.84. The number of hydrogen-bond acceptors (Lipinski definition) is 2. The largest absolute Gasteiger partial charge is 0.338 e. The number of amides is 2. The summed E-state index contributed by atoms with van der Waals surface area (Å²) >= 11 is 0. The van der Waals surface area contributed by atoms with Gasteiger partial charge in [-0.15, -0.1) is 0 Å². The van der Waals surface area contributed by atoms with Crippen LogP contribution in [0.15, 0.2) is 54.6 Å². The third-order valence-electron chi connectivity index (χ3n) is 5.97. The molecule has 2 amide bonds. The summed E-state index contributed by atoms with van der Waals surface area (Å²) in [6.45, 7) is 6.01. The van der Waals surface area contributed by atoms with Crippen molar-refractivity contribution in [2.75, 3.05) is 18.4 Å². The van der Waals surface area contributed by atoms with Gasteiger partial charge in [0.05, 0.1) is 5.69 Å². The molecule has 0 saturated heterocycles. The van der Waals surface area contributed by atoms with E-state index in [2.05, 4.69) is 36.6 Å². The second kappa shape index (κ2) is 9.74. The molecule has 4 N–H and O–H groups in total. The van der Waals surface area contributed by atoms with Crippen LogP contribution in [0, 0.1) is 23.7 Å². The van der Waals surface area contributed by atoms with Crippen molar-refractivity contribution in [3.8, 4) is 11.1 Å². The van der Waals surface area contributed by atoms with Crippen molar-refractivity contribution < 1.29 is 4.79 Å². The lowest BCUT2D eigenvalue weighted by Gasteiger charge is -2.26. The first kappa shape index (κ1) is 20.4. The van der Waals surface area contributed by atoms with Crippen LogP contribution in [0.3, 0.4) is 0 Å². The maximum Gasteiger partial charge on any atom is 0.319 e. The van der Waals surface area contributed by atoms with Crippen molar-refractivity contribution in [3.63, 3.8) is 0 Å². The van der Waals surface area contributed by atoms with Crippen LogP contribution >= 0.6 is 0 Å². The Hall–Kier alpha value is -2.33. The number of anilines is 1. The molecule has 150 valence electrons. The van der Waals surface area contributed by atoms with Crippen LogP contribution in [0.25, 0.3) is 11.1 Å². The Morgan fingerprint density at radius 2 is 1.57 bits per heavy atom. The molecular formula is C24H33N3O. The number of rotatable bonds is 5. The first-order valence-corrected chi connectivity index (χ1v) is 10.5. The zero-order valence-electron chi connectivity index (χ0n) is 17.0. The predicted molar refractivity (Wildman–Crippen MR) is 117 cm³/mol. The van der Waals surface area contributed by atoms with Gasteiger partial charge in [0, 0.05) is 12.1 Å². The van der Waals surface area contributed by atoms with E-state index in [0.29, 0.717) is 36.8 Å². The summed E-state index contributed by atoms with van der Waals surface area (Å²) < 4.78 is 0. The molecule has 4 nitrogen and oxygen atoms in total. The van der Waals surface area contributed by atoms with E-state index in [9.17, 15) is 4.79 Å². The van der Waals surface area contributed by atoms with Gasteiger partial charge in [-0.25, -0.2) is 4.79 Å². The van der Waals surface area contributed by atoms with Crippen LogP contribution in [0.4, 0.5) is 10.5 Å². The summed E-state index contributed by atoms with van der Waals surface area (Å²) in [6.07, 6.45) is 3.54. The number of nitrogens with two attached hydrogens (primary N) is 1.